The van der Waals surface area contributed by atoms with Gasteiger partial charge in [0.15, 0.2) is 0 Å². The molecule has 1 rings (SSSR count). The van der Waals surface area contributed by atoms with Gasteiger partial charge in [0.2, 0.25) is 5.91 Å². The highest BCUT2D eigenvalue weighted by molar-refractivity contribution is 5.85. The van der Waals surface area contributed by atoms with Crippen LogP contribution in [0.2, 0.25) is 0 Å². The molecule has 1 aliphatic rings. The summed E-state index contributed by atoms with van der Waals surface area (Å²) in [6.07, 6.45) is 1.75. The Balaban J connectivity index is 0.00000289. The first-order valence-electron chi connectivity index (χ1n) is 6.30. The fourth-order valence-electron chi connectivity index (χ4n) is 1.85. The van der Waals surface area contributed by atoms with Crippen LogP contribution in [-0.2, 0) is 14.3 Å². The van der Waals surface area contributed by atoms with Gasteiger partial charge < -0.3 is 15.4 Å². The monoisotopic (exact) mass is 278 g/mol. The largest absolute Gasteiger partial charge is 0.466 e. The molecule has 1 fully saturated rings. The molecule has 0 radical (unpaired) electrons. The molecular formula is C12H23ClN2O3. The molecule has 0 bridgehead atoms. The van der Waals surface area contributed by atoms with E-state index in [1.54, 1.807) is 13.8 Å². The molecule has 0 spiro atoms. The van der Waals surface area contributed by atoms with Crippen LogP contribution in [0.15, 0.2) is 0 Å². The number of nitrogens with one attached hydrogen (secondary N) is 2. The molecule has 2 N–H and O–H groups in total. The first kappa shape index (κ1) is 17.2. The van der Waals surface area contributed by atoms with Gasteiger partial charge in [-0.3, -0.25) is 9.59 Å². The van der Waals surface area contributed by atoms with Gasteiger partial charge in [0.05, 0.1) is 12.5 Å². The Labute approximate surface area is 114 Å². The molecule has 1 saturated heterocycles. The van der Waals surface area contributed by atoms with Gasteiger partial charge in [-0.05, 0) is 32.9 Å². The van der Waals surface area contributed by atoms with Crippen LogP contribution in [0, 0.1) is 11.8 Å². The van der Waals surface area contributed by atoms with Crippen molar-refractivity contribution in [3.63, 3.8) is 0 Å². The first-order chi connectivity index (χ1) is 8.15. The van der Waals surface area contributed by atoms with Crippen LogP contribution in [0.3, 0.4) is 0 Å². The lowest BCUT2D eigenvalue weighted by atomic mass is 9.97. The summed E-state index contributed by atoms with van der Waals surface area (Å²) < 4.78 is 4.88. The predicted molar refractivity (Wildman–Crippen MR) is 71.6 cm³/mol. The fourth-order valence-corrected chi connectivity index (χ4v) is 1.85. The Morgan fingerprint density at radius 3 is 2.56 bits per heavy atom. The topological polar surface area (TPSA) is 67.4 Å². The van der Waals surface area contributed by atoms with E-state index in [1.807, 2.05) is 0 Å². The molecule has 1 aliphatic heterocycles. The molecule has 0 aromatic heterocycles. The summed E-state index contributed by atoms with van der Waals surface area (Å²) in [7, 11) is 0. The van der Waals surface area contributed by atoms with Crippen molar-refractivity contribution < 1.29 is 14.3 Å². The third kappa shape index (κ3) is 5.69. The van der Waals surface area contributed by atoms with E-state index in [2.05, 4.69) is 10.6 Å². The number of piperidine rings is 1. The Morgan fingerprint density at radius 1 is 1.39 bits per heavy atom. The maximum atomic E-state index is 11.8. The minimum Gasteiger partial charge on any atom is -0.466 e. The van der Waals surface area contributed by atoms with Crippen molar-refractivity contribution in [2.45, 2.75) is 26.7 Å². The Morgan fingerprint density at radius 2 is 2.00 bits per heavy atom. The van der Waals surface area contributed by atoms with Crippen molar-refractivity contribution in [1.82, 2.24) is 10.6 Å². The molecule has 18 heavy (non-hydrogen) atoms. The Bertz CT molecular complexity index is 268. The molecule has 5 nitrogen and oxygen atoms in total. The smallest absolute Gasteiger partial charge is 0.310 e. The van der Waals surface area contributed by atoms with Gasteiger partial charge in [-0.1, -0.05) is 6.92 Å². The molecule has 0 saturated carbocycles. The zero-order valence-corrected chi connectivity index (χ0v) is 11.8. The number of esters is 1. The van der Waals surface area contributed by atoms with E-state index in [-0.39, 0.29) is 36.1 Å². The van der Waals surface area contributed by atoms with Crippen molar-refractivity contribution in [1.29, 1.82) is 0 Å². The van der Waals surface area contributed by atoms with Crippen LogP contribution in [0.5, 0.6) is 0 Å². The predicted octanol–water partition coefficient (Wildman–Crippen LogP) is 0.723. The minimum absolute atomic E-state index is 0. The maximum absolute atomic E-state index is 11.8. The second kappa shape index (κ2) is 9.16. The molecular weight excluding hydrogens is 256 g/mol. The van der Waals surface area contributed by atoms with E-state index in [0.29, 0.717) is 13.2 Å². The molecule has 6 heteroatoms. The SMILES string of the molecule is CCOC(=O)C(C)CNC(=O)C1CCNCC1.Cl. The van der Waals surface area contributed by atoms with Crippen LogP contribution in [-0.4, -0.2) is 38.1 Å². The summed E-state index contributed by atoms with van der Waals surface area (Å²) in [6, 6.07) is 0. The van der Waals surface area contributed by atoms with Gasteiger partial charge in [-0.15, -0.1) is 12.4 Å². The number of rotatable bonds is 5. The second-order valence-corrected chi connectivity index (χ2v) is 4.42. The number of hydrogen-bond donors (Lipinski definition) is 2. The quantitative estimate of drug-likeness (QED) is 0.728. The average Bonchev–Trinajstić information content (AvgIpc) is 2.36. The van der Waals surface area contributed by atoms with Crippen molar-refractivity contribution in [3.05, 3.63) is 0 Å². The highest BCUT2D eigenvalue weighted by Gasteiger charge is 2.22. The van der Waals surface area contributed by atoms with Gasteiger partial charge >= 0.3 is 5.97 Å². The molecule has 0 aromatic rings. The van der Waals surface area contributed by atoms with Gasteiger partial charge in [0.25, 0.3) is 0 Å². The van der Waals surface area contributed by atoms with Crippen LogP contribution in [0.4, 0.5) is 0 Å². The summed E-state index contributed by atoms with van der Waals surface area (Å²) in [5.74, 6) is -0.382. The third-order valence-electron chi connectivity index (χ3n) is 2.98. The van der Waals surface area contributed by atoms with E-state index in [0.717, 1.165) is 25.9 Å². The third-order valence-corrected chi connectivity index (χ3v) is 2.98. The summed E-state index contributed by atoms with van der Waals surface area (Å²) in [5, 5.41) is 6.04. The lowest BCUT2D eigenvalue weighted by molar-refractivity contribution is -0.147. The zero-order chi connectivity index (χ0) is 12.7. The number of hydrogen-bond acceptors (Lipinski definition) is 4. The van der Waals surface area contributed by atoms with Crippen LogP contribution in [0.1, 0.15) is 26.7 Å². The second-order valence-electron chi connectivity index (χ2n) is 4.42. The van der Waals surface area contributed by atoms with Crippen LogP contribution < -0.4 is 10.6 Å². The van der Waals surface area contributed by atoms with Crippen molar-refractivity contribution in [2.75, 3.05) is 26.2 Å². The van der Waals surface area contributed by atoms with Crippen molar-refractivity contribution >= 4 is 24.3 Å². The van der Waals surface area contributed by atoms with Crippen molar-refractivity contribution in [2.24, 2.45) is 11.8 Å². The number of ether oxygens (including phenoxy) is 1. The summed E-state index contributed by atoms with van der Waals surface area (Å²) in [5.41, 5.74) is 0. The number of halogens is 1. The molecule has 1 atom stereocenters. The fraction of sp³-hybridized carbons (Fsp3) is 0.833. The average molecular weight is 279 g/mol. The molecule has 1 amide bonds. The van der Waals surface area contributed by atoms with E-state index < -0.39 is 0 Å². The normalized spacial score (nSPS) is 17.4. The zero-order valence-electron chi connectivity index (χ0n) is 11.0. The van der Waals surface area contributed by atoms with Gasteiger partial charge in [0, 0.05) is 12.5 Å². The van der Waals surface area contributed by atoms with E-state index >= 15 is 0 Å². The van der Waals surface area contributed by atoms with Gasteiger partial charge in [-0.25, -0.2) is 0 Å². The molecule has 1 heterocycles. The number of carbonyl (C=O) groups is 2. The number of amides is 1. The molecule has 1 unspecified atom stereocenters. The number of carbonyl (C=O) groups excluding carboxylic acids is 2. The summed E-state index contributed by atoms with van der Waals surface area (Å²) in [6.45, 7) is 6.07. The summed E-state index contributed by atoms with van der Waals surface area (Å²) >= 11 is 0. The first-order valence-corrected chi connectivity index (χ1v) is 6.30. The standard InChI is InChI=1S/C12H22N2O3.ClH/c1-3-17-12(16)9(2)8-14-11(15)10-4-6-13-7-5-10;/h9-10,13H,3-8H2,1-2H3,(H,14,15);1H. The van der Waals surface area contributed by atoms with Crippen LogP contribution in [0.25, 0.3) is 0 Å². The highest BCUT2D eigenvalue weighted by atomic mass is 35.5. The molecule has 0 aliphatic carbocycles. The van der Waals surface area contributed by atoms with E-state index in [1.165, 1.54) is 0 Å². The van der Waals surface area contributed by atoms with Gasteiger partial charge in [-0.2, -0.15) is 0 Å². The highest BCUT2D eigenvalue weighted by Crippen LogP contribution is 2.11. The maximum Gasteiger partial charge on any atom is 0.310 e. The van der Waals surface area contributed by atoms with Gasteiger partial charge in [0.1, 0.15) is 0 Å². The lowest BCUT2D eigenvalue weighted by Gasteiger charge is -2.22. The Hall–Kier alpha value is -0.810. The minimum atomic E-state index is -0.277. The van der Waals surface area contributed by atoms with Crippen LogP contribution >= 0.6 is 12.4 Å². The molecule has 106 valence electrons. The Kier molecular flexibility index (Phi) is 8.75. The summed E-state index contributed by atoms with van der Waals surface area (Å²) in [4.78, 5) is 23.1. The molecule has 0 aromatic carbocycles. The van der Waals surface area contributed by atoms with E-state index in [9.17, 15) is 9.59 Å². The lowest BCUT2D eigenvalue weighted by Crippen LogP contribution is -2.40. The van der Waals surface area contributed by atoms with E-state index in [4.69, 9.17) is 4.74 Å². The van der Waals surface area contributed by atoms with Crippen molar-refractivity contribution in [3.8, 4) is 0 Å².